The summed E-state index contributed by atoms with van der Waals surface area (Å²) in [5, 5.41) is 0. The monoisotopic (exact) mass is 205 g/mol. The van der Waals surface area contributed by atoms with E-state index in [9.17, 15) is 0 Å². The lowest BCUT2D eigenvalue weighted by Crippen LogP contribution is -2.57. The molecule has 0 radical (unpaired) electrons. The van der Waals surface area contributed by atoms with Crippen LogP contribution in [0.25, 0.3) is 0 Å². The zero-order valence-corrected chi connectivity index (χ0v) is 8.63. The standard InChI is InChI=1S/C10H15N5/c11-9-1-2-12-10(13-9)8-7-14-3-5-15(8)6-4-14/h1-2,8H,3-7H2,(H2,11,12,13). The van der Waals surface area contributed by atoms with Crippen LogP contribution in [0, 0.1) is 0 Å². The molecule has 0 aromatic carbocycles. The lowest BCUT2D eigenvalue weighted by atomic mass is 10.1. The first-order chi connectivity index (χ1) is 7.33. The van der Waals surface area contributed by atoms with Crippen molar-refractivity contribution < 1.29 is 0 Å². The van der Waals surface area contributed by atoms with Gasteiger partial charge in [-0.05, 0) is 6.07 Å². The Labute approximate surface area is 88.9 Å². The van der Waals surface area contributed by atoms with E-state index in [-0.39, 0.29) is 0 Å². The Bertz CT molecular complexity index is 359. The average molecular weight is 205 g/mol. The molecule has 4 heterocycles. The van der Waals surface area contributed by atoms with Crippen LogP contribution >= 0.6 is 0 Å². The summed E-state index contributed by atoms with van der Waals surface area (Å²) in [5.41, 5.74) is 5.68. The van der Waals surface area contributed by atoms with Gasteiger partial charge in [-0.1, -0.05) is 0 Å². The topological polar surface area (TPSA) is 58.3 Å². The van der Waals surface area contributed by atoms with Gasteiger partial charge in [0.25, 0.3) is 0 Å². The molecule has 1 aromatic heterocycles. The normalized spacial score (nSPS) is 34.3. The molecule has 3 aliphatic heterocycles. The first-order valence-corrected chi connectivity index (χ1v) is 5.38. The Morgan fingerprint density at radius 1 is 1.27 bits per heavy atom. The average Bonchev–Trinajstić information content (AvgIpc) is 2.30. The maximum Gasteiger partial charge on any atom is 0.149 e. The lowest BCUT2D eigenvalue weighted by Gasteiger charge is -2.46. The van der Waals surface area contributed by atoms with Crippen molar-refractivity contribution in [3.05, 3.63) is 18.1 Å². The van der Waals surface area contributed by atoms with Crippen molar-refractivity contribution in [2.24, 2.45) is 0 Å². The molecule has 2 N–H and O–H groups in total. The highest BCUT2D eigenvalue weighted by Crippen LogP contribution is 2.26. The third kappa shape index (κ3) is 1.57. The Kier molecular flexibility index (Phi) is 2.07. The highest BCUT2D eigenvalue weighted by Gasteiger charge is 2.34. The van der Waals surface area contributed by atoms with Crippen molar-refractivity contribution in [1.29, 1.82) is 0 Å². The van der Waals surface area contributed by atoms with Gasteiger partial charge in [-0.2, -0.15) is 0 Å². The fourth-order valence-corrected chi connectivity index (χ4v) is 2.41. The molecule has 0 spiro atoms. The van der Waals surface area contributed by atoms with Crippen molar-refractivity contribution in [2.75, 3.05) is 38.5 Å². The van der Waals surface area contributed by atoms with E-state index < -0.39 is 0 Å². The number of nitrogens with two attached hydrogens (primary N) is 1. The maximum absolute atomic E-state index is 5.68. The van der Waals surface area contributed by atoms with Gasteiger partial charge in [-0.15, -0.1) is 0 Å². The summed E-state index contributed by atoms with van der Waals surface area (Å²) in [6.45, 7) is 5.66. The van der Waals surface area contributed by atoms with E-state index in [0.717, 1.165) is 25.5 Å². The zero-order valence-electron chi connectivity index (χ0n) is 8.63. The molecule has 3 fully saturated rings. The first-order valence-electron chi connectivity index (χ1n) is 5.38. The molecule has 80 valence electrons. The van der Waals surface area contributed by atoms with Crippen LogP contribution in [0.1, 0.15) is 11.9 Å². The molecule has 3 saturated heterocycles. The van der Waals surface area contributed by atoms with Crippen LogP contribution in [-0.4, -0.2) is 52.5 Å². The fourth-order valence-electron chi connectivity index (χ4n) is 2.41. The van der Waals surface area contributed by atoms with Gasteiger partial charge in [0.15, 0.2) is 0 Å². The number of hydrogen-bond acceptors (Lipinski definition) is 5. The van der Waals surface area contributed by atoms with Gasteiger partial charge in [0, 0.05) is 38.9 Å². The van der Waals surface area contributed by atoms with E-state index in [4.69, 9.17) is 5.73 Å². The summed E-state index contributed by atoms with van der Waals surface area (Å²) in [6.07, 6.45) is 1.75. The van der Waals surface area contributed by atoms with Gasteiger partial charge in [-0.25, -0.2) is 9.97 Å². The molecule has 5 nitrogen and oxygen atoms in total. The zero-order chi connectivity index (χ0) is 10.3. The van der Waals surface area contributed by atoms with Crippen LogP contribution in [0.4, 0.5) is 5.82 Å². The number of anilines is 1. The molecule has 0 aliphatic carbocycles. The van der Waals surface area contributed by atoms with Gasteiger partial charge in [-0.3, -0.25) is 9.80 Å². The second kappa shape index (κ2) is 3.43. The number of rotatable bonds is 1. The first kappa shape index (κ1) is 9.06. The molecule has 2 bridgehead atoms. The molecule has 1 atom stereocenters. The predicted molar refractivity (Wildman–Crippen MR) is 57.2 cm³/mol. The third-order valence-corrected chi connectivity index (χ3v) is 3.27. The second-order valence-corrected chi connectivity index (χ2v) is 4.19. The number of hydrogen-bond donors (Lipinski definition) is 1. The van der Waals surface area contributed by atoms with Crippen molar-refractivity contribution >= 4 is 5.82 Å². The van der Waals surface area contributed by atoms with Crippen LogP contribution < -0.4 is 5.73 Å². The molecule has 3 aliphatic rings. The summed E-state index contributed by atoms with van der Waals surface area (Å²) in [5.74, 6) is 1.44. The minimum Gasteiger partial charge on any atom is -0.384 e. The van der Waals surface area contributed by atoms with Gasteiger partial charge in [0.1, 0.15) is 11.6 Å². The molecule has 0 saturated carbocycles. The second-order valence-electron chi connectivity index (χ2n) is 4.19. The number of nitrogens with zero attached hydrogens (tertiary/aromatic N) is 4. The number of piperazine rings is 3. The van der Waals surface area contributed by atoms with Gasteiger partial charge in [0.2, 0.25) is 0 Å². The highest BCUT2D eigenvalue weighted by molar-refractivity contribution is 5.26. The van der Waals surface area contributed by atoms with Crippen molar-refractivity contribution in [3.63, 3.8) is 0 Å². The molecule has 1 aromatic rings. The van der Waals surface area contributed by atoms with E-state index >= 15 is 0 Å². The van der Waals surface area contributed by atoms with Crippen LogP contribution in [0.2, 0.25) is 0 Å². The SMILES string of the molecule is Nc1ccnc(C2CN3CCN2CC3)n1. The highest BCUT2D eigenvalue weighted by atomic mass is 15.4. The van der Waals surface area contributed by atoms with Crippen LogP contribution in [0.5, 0.6) is 0 Å². The number of nitrogen functional groups attached to an aromatic ring is 1. The third-order valence-electron chi connectivity index (χ3n) is 3.27. The molecular weight excluding hydrogens is 190 g/mol. The maximum atomic E-state index is 5.68. The Morgan fingerprint density at radius 3 is 2.67 bits per heavy atom. The largest absolute Gasteiger partial charge is 0.384 e. The lowest BCUT2D eigenvalue weighted by molar-refractivity contribution is 0.00871. The summed E-state index contributed by atoms with van der Waals surface area (Å²) >= 11 is 0. The Morgan fingerprint density at radius 2 is 2.07 bits per heavy atom. The van der Waals surface area contributed by atoms with Gasteiger partial charge >= 0.3 is 0 Å². The Balaban J connectivity index is 1.88. The minimum absolute atomic E-state index is 0.344. The van der Waals surface area contributed by atoms with E-state index in [1.807, 2.05) is 0 Å². The Hall–Kier alpha value is -1.20. The van der Waals surface area contributed by atoms with Crippen molar-refractivity contribution in [2.45, 2.75) is 6.04 Å². The van der Waals surface area contributed by atoms with Crippen molar-refractivity contribution in [3.8, 4) is 0 Å². The van der Waals surface area contributed by atoms with Crippen LogP contribution in [-0.2, 0) is 0 Å². The molecule has 1 unspecified atom stereocenters. The number of aromatic nitrogens is 2. The van der Waals surface area contributed by atoms with E-state index in [0.29, 0.717) is 11.9 Å². The fraction of sp³-hybridized carbons (Fsp3) is 0.600. The summed E-state index contributed by atoms with van der Waals surface area (Å²) in [7, 11) is 0. The molecular formula is C10H15N5. The molecule has 0 amide bonds. The smallest absolute Gasteiger partial charge is 0.149 e. The van der Waals surface area contributed by atoms with Gasteiger partial charge < -0.3 is 5.73 Å². The van der Waals surface area contributed by atoms with Crippen LogP contribution in [0.3, 0.4) is 0 Å². The minimum atomic E-state index is 0.344. The summed E-state index contributed by atoms with van der Waals surface area (Å²) < 4.78 is 0. The molecule has 15 heavy (non-hydrogen) atoms. The van der Waals surface area contributed by atoms with Crippen molar-refractivity contribution in [1.82, 2.24) is 19.8 Å². The van der Waals surface area contributed by atoms with Crippen LogP contribution in [0.15, 0.2) is 12.3 Å². The van der Waals surface area contributed by atoms with E-state index in [1.54, 1.807) is 12.3 Å². The number of fused-ring (bicyclic) bond motifs is 3. The predicted octanol–water partition coefficient (Wildman–Crippen LogP) is -0.269. The van der Waals surface area contributed by atoms with E-state index in [2.05, 4.69) is 19.8 Å². The summed E-state index contributed by atoms with van der Waals surface area (Å²) in [4.78, 5) is 13.6. The quantitative estimate of drug-likeness (QED) is 0.684. The molecule has 5 heteroatoms. The molecule has 4 rings (SSSR count). The van der Waals surface area contributed by atoms with Gasteiger partial charge in [0.05, 0.1) is 6.04 Å². The summed E-state index contributed by atoms with van der Waals surface area (Å²) in [6, 6.07) is 2.08. The van der Waals surface area contributed by atoms with E-state index in [1.165, 1.54) is 13.1 Å².